The number of hydrogen-bond donors (Lipinski definition) is 1. The predicted molar refractivity (Wildman–Crippen MR) is 103 cm³/mol. The summed E-state index contributed by atoms with van der Waals surface area (Å²) < 4.78 is 5.14. The molecule has 0 aromatic carbocycles. The molecule has 0 radical (unpaired) electrons. The summed E-state index contributed by atoms with van der Waals surface area (Å²) in [5, 5.41) is 9.44. The van der Waals surface area contributed by atoms with Crippen LogP contribution in [0, 0.1) is 0 Å². The Morgan fingerprint density at radius 1 is 1.29 bits per heavy atom. The summed E-state index contributed by atoms with van der Waals surface area (Å²) in [5.41, 5.74) is -0.102. The molecule has 154 valence electrons. The second kappa shape index (κ2) is 8.98. The molecule has 1 atom stereocenters. The topological polar surface area (TPSA) is 86.2 Å². The minimum Gasteiger partial charge on any atom is -0.395 e. The van der Waals surface area contributed by atoms with Crippen molar-refractivity contribution in [2.75, 3.05) is 40.0 Å². The third-order valence-electron chi connectivity index (χ3n) is 5.91. The summed E-state index contributed by atoms with van der Waals surface area (Å²) in [6, 6.07) is 5.31. The zero-order chi connectivity index (χ0) is 20.1. The van der Waals surface area contributed by atoms with Gasteiger partial charge in [-0.3, -0.25) is 19.6 Å². The van der Waals surface area contributed by atoms with Crippen molar-refractivity contribution in [1.29, 1.82) is 0 Å². The van der Waals surface area contributed by atoms with Crippen molar-refractivity contribution in [3.8, 4) is 0 Å². The normalized spacial score (nSPS) is 21.0. The number of amides is 3. The average molecular weight is 390 g/mol. The number of nitrogens with zero attached hydrogens (tertiary/aromatic N) is 4. The fraction of sp³-hybridized carbons (Fsp3) is 0.650. The highest BCUT2D eigenvalue weighted by atomic mass is 16.5. The van der Waals surface area contributed by atoms with Crippen LogP contribution in [0.25, 0.3) is 0 Å². The lowest BCUT2D eigenvalue weighted by Crippen LogP contribution is -2.58. The van der Waals surface area contributed by atoms with Crippen LogP contribution in [0.15, 0.2) is 24.4 Å². The Hall–Kier alpha value is -2.03. The zero-order valence-corrected chi connectivity index (χ0v) is 16.7. The SMILES string of the molecule is COCCCN1C(=O)N(Cc2ccccn2)C(=O)C12CCN(C(C)CO)CC2. The molecule has 3 heterocycles. The van der Waals surface area contributed by atoms with Crippen LogP contribution in [0.3, 0.4) is 0 Å². The van der Waals surface area contributed by atoms with E-state index in [0.717, 1.165) is 0 Å². The Morgan fingerprint density at radius 3 is 2.64 bits per heavy atom. The third kappa shape index (κ3) is 3.90. The number of aliphatic hydroxyl groups excluding tert-OH is 1. The van der Waals surface area contributed by atoms with Gasteiger partial charge in [-0.2, -0.15) is 0 Å². The number of methoxy groups -OCH3 is 1. The number of rotatable bonds is 8. The molecule has 8 nitrogen and oxygen atoms in total. The van der Waals surface area contributed by atoms with Crippen LogP contribution in [0.2, 0.25) is 0 Å². The maximum Gasteiger partial charge on any atom is 0.328 e. The number of ether oxygens (including phenoxy) is 1. The maximum atomic E-state index is 13.4. The molecule has 1 N–H and O–H groups in total. The Morgan fingerprint density at radius 2 is 2.04 bits per heavy atom. The van der Waals surface area contributed by atoms with Crippen LogP contribution in [-0.4, -0.2) is 88.3 Å². The van der Waals surface area contributed by atoms with Gasteiger partial charge in [0.05, 0.1) is 18.8 Å². The van der Waals surface area contributed by atoms with Gasteiger partial charge in [0.1, 0.15) is 5.54 Å². The van der Waals surface area contributed by atoms with E-state index >= 15 is 0 Å². The second-order valence-corrected chi connectivity index (χ2v) is 7.59. The van der Waals surface area contributed by atoms with E-state index in [1.807, 2.05) is 25.1 Å². The summed E-state index contributed by atoms with van der Waals surface area (Å²) in [7, 11) is 1.63. The number of carbonyl (C=O) groups excluding carboxylic acids is 2. The number of urea groups is 1. The molecule has 0 bridgehead atoms. The molecular formula is C20H30N4O4. The van der Waals surface area contributed by atoms with E-state index in [2.05, 4.69) is 9.88 Å². The fourth-order valence-electron chi connectivity index (χ4n) is 4.19. The van der Waals surface area contributed by atoms with Gasteiger partial charge in [0, 0.05) is 45.6 Å². The average Bonchev–Trinajstić information content (AvgIpc) is 2.91. The summed E-state index contributed by atoms with van der Waals surface area (Å²) in [6.45, 7) is 4.65. The number of hydrogen-bond acceptors (Lipinski definition) is 6. The highest BCUT2D eigenvalue weighted by Crippen LogP contribution is 2.38. The van der Waals surface area contributed by atoms with E-state index < -0.39 is 5.54 Å². The standard InChI is InChI=1S/C20H30N4O4/c1-16(15-25)22-11-7-20(8-12-22)18(26)23(14-17-6-3-4-9-21-17)19(27)24(20)10-5-13-28-2/h3-4,6,9,16,25H,5,7-8,10-15H2,1-2H3. The van der Waals surface area contributed by atoms with Gasteiger partial charge in [0.25, 0.3) is 5.91 Å². The molecule has 0 saturated carbocycles. The molecule has 1 aromatic heterocycles. The van der Waals surface area contributed by atoms with Gasteiger partial charge in [-0.05, 0) is 38.3 Å². The highest BCUT2D eigenvalue weighted by Gasteiger charge is 2.57. The Labute approximate surface area is 166 Å². The predicted octanol–water partition coefficient (Wildman–Crippen LogP) is 1.10. The summed E-state index contributed by atoms with van der Waals surface area (Å²) in [5.74, 6) is -0.128. The van der Waals surface area contributed by atoms with Crippen molar-refractivity contribution in [2.24, 2.45) is 0 Å². The molecule has 2 aliphatic rings. The van der Waals surface area contributed by atoms with Crippen molar-refractivity contribution in [2.45, 2.75) is 44.3 Å². The van der Waals surface area contributed by atoms with Crippen LogP contribution >= 0.6 is 0 Å². The molecular weight excluding hydrogens is 360 g/mol. The molecule has 2 saturated heterocycles. The van der Waals surface area contributed by atoms with Gasteiger partial charge < -0.3 is 14.7 Å². The second-order valence-electron chi connectivity index (χ2n) is 7.59. The lowest BCUT2D eigenvalue weighted by molar-refractivity contribution is -0.136. The minimum absolute atomic E-state index is 0.0520. The monoisotopic (exact) mass is 390 g/mol. The number of likely N-dealkylation sites (tertiary alicyclic amines) is 1. The first-order valence-electron chi connectivity index (χ1n) is 9.91. The summed E-state index contributed by atoms with van der Waals surface area (Å²) in [4.78, 5) is 36.1. The molecule has 3 amide bonds. The van der Waals surface area contributed by atoms with Gasteiger partial charge in [-0.25, -0.2) is 4.79 Å². The third-order valence-corrected chi connectivity index (χ3v) is 5.91. The van der Waals surface area contributed by atoms with E-state index in [1.165, 1.54) is 4.90 Å². The Bertz CT molecular complexity index is 676. The van der Waals surface area contributed by atoms with Crippen molar-refractivity contribution >= 4 is 11.9 Å². The molecule has 1 aromatic rings. The first-order valence-corrected chi connectivity index (χ1v) is 9.91. The van der Waals surface area contributed by atoms with Crippen molar-refractivity contribution < 1.29 is 19.4 Å². The van der Waals surface area contributed by atoms with E-state index in [4.69, 9.17) is 4.74 Å². The van der Waals surface area contributed by atoms with Gasteiger partial charge in [-0.1, -0.05) is 6.07 Å². The van der Waals surface area contributed by atoms with Crippen molar-refractivity contribution in [3.05, 3.63) is 30.1 Å². The molecule has 0 aliphatic carbocycles. The van der Waals surface area contributed by atoms with Crippen LogP contribution in [-0.2, 0) is 16.1 Å². The molecule has 8 heteroatoms. The number of aliphatic hydroxyl groups is 1. The number of aromatic nitrogens is 1. The zero-order valence-electron chi connectivity index (χ0n) is 16.7. The lowest BCUT2D eigenvalue weighted by Gasteiger charge is -2.43. The Balaban J connectivity index is 1.81. The quantitative estimate of drug-likeness (QED) is 0.528. The van der Waals surface area contributed by atoms with Gasteiger partial charge in [0.15, 0.2) is 0 Å². The maximum absolute atomic E-state index is 13.4. The minimum atomic E-state index is -0.800. The van der Waals surface area contributed by atoms with Gasteiger partial charge in [-0.15, -0.1) is 0 Å². The smallest absolute Gasteiger partial charge is 0.328 e. The van der Waals surface area contributed by atoms with E-state index in [9.17, 15) is 14.7 Å². The molecule has 1 spiro atoms. The number of pyridine rings is 1. The van der Waals surface area contributed by atoms with Crippen molar-refractivity contribution in [1.82, 2.24) is 19.7 Å². The van der Waals surface area contributed by atoms with Crippen LogP contribution in [0.4, 0.5) is 4.79 Å². The van der Waals surface area contributed by atoms with Crippen LogP contribution in [0.5, 0.6) is 0 Å². The van der Waals surface area contributed by atoms with Gasteiger partial charge >= 0.3 is 6.03 Å². The fourth-order valence-corrected chi connectivity index (χ4v) is 4.19. The Kier molecular flexibility index (Phi) is 6.64. The van der Waals surface area contributed by atoms with Crippen molar-refractivity contribution in [3.63, 3.8) is 0 Å². The summed E-state index contributed by atoms with van der Waals surface area (Å²) in [6.07, 6.45) is 3.51. The van der Waals surface area contributed by atoms with E-state index in [-0.39, 0.29) is 31.1 Å². The number of piperidine rings is 1. The summed E-state index contributed by atoms with van der Waals surface area (Å²) >= 11 is 0. The first-order chi connectivity index (χ1) is 13.5. The molecule has 2 aliphatic heterocycles. The molecule has 3 rings (SSSR count). The van der Waals surface area contributed by atoms with Crippen LogP contribution in [0.1, 0.15) is 31.9 Å². The first kappa shape index (κ1) is 20.7. The molecule has 1 unspecified atom stereocenters. The van der Waals surface area contributed by atoms with E-state index in [0.29, 0.717) is 51.2 Å². The molecule has 2 fully saturated rings. The van der Waals surface area contributed by atoms with E-state index in [1.54, 1.807) is 18.2 Å². The number of carbonyl (C=O) groups is 2. The van der Waals surface area contributed by atoms with Crippen LogP contribution < -0.4 is 0 Å². The van der Waals surface area contributed by atoms with Gasteiger partial charge in [0.2, 0.25) is 0 Å². The largest absolute Gasteiger partial charge is 0.395 e. The highest BCUT2D eigenvalue weighted by molar-refractivity contribution is 6.07. The lowest BCUT2D eigenvalue weighted by atomic mass is 9.85. The molecule has 28 heavy (non-hydrogen) atoms. The number of imide groups is 1.